The molecule has 1 aromatic carbocycles. The molecule has 0 bridgehead atoms. The van der Waals surface area contributed by atoms with Gasteiger partial charge in [-0.05, 0) is 29.5 Å². The predicted octanol–water partition coefficient (Wildman–Crippen LogP) is 3.75. The van der Waals surface area contributed by atoms with Crippen LogP contribution in [0.3, 0.4) is 0 Å². The molecule has 0 atom stereocenters. The topological polar surface area (TPSA) is 48.8 Å². The largest absolute Gasteiger partial charge is 0.0617 e. The van der Waals surface area contributed by atoms with Crippen molar-refractivity contribution < 1.29 is 0 Å². The highest BCUT2D eigenvalue weighted by molar-refractivity contribution is 5.52. The molecule has 68 valence electrons. The second-order valence-corrected chi connectivity index (χ2v) is 2.82. The van der Waals surface area contributed by atoms with Gasteiger partial charge in [-0.15, -0.1) is 0 Å². The molecule has 1 aromatic rings. The molecular formula is C10H13N3. The first-order valence-electron chi connectivity index (χ1n) is 4.49. The number of rotatable bonds is 3. The molecule has 0 radical (unpaired) electrons. The van der Waals surface area contributed by atoms with E-state index in [9.17, 15) is 0 Å². The number of hydrogen-bond acceptors (Lipinski definition) is 1. The standard InChI is InChI=1S/C10H13N3/c1-3-8-6-5-7-9(4-2)10(8)12-13-11/h5-7H,3-4H2,1-2H3. The van der Waals surface area contributed by atoms with E-state index in [1.165, 1.54) is 0 Å². The van der Waals surface area contributed by atoms with Crippen molar-refractivity contribution >= 4 is 5.69 Å². The van der Waals surface area contributed by atoms with Crippen LogP contribution in [0.1, 0.15) is 25.0 Å². The molecule has 0 saturated carbocycles. The predicted molar refractivity (Wildman–Crippen MR) is 54.0 cm³/mol. The fourth-order valence-electron chi connectivity index (χ4n) is 1.39. The number of hydrogen-bond donors (Lipinski definition) is 0. The van der Waals surface area contributed by atoms with Crippen LogP contribution in [0, 0.1) is 0 Å². The second kappa shape index (κ2) is 4.53. The monoisotopic (exact) mass is 175 g/mol. The molecular weight excluding hydrogens is 162 g/mol. The van der Waals surface area contributed by atoms with Gasteiger partial charge in [0.2, 0.25) is 0 Å². The van der Waals surface area contributed by atoms with Gasteiger partial charge >= 0.3 is 0 Å². The lowest BCUT2D eigenvalue weighted by atomic mass is 10.0. The van der Waals surface area contributed by atoms with Gasteiger partial charge in [0, 0.05) is 10.6 Å². The average Bonchev–Trinajstić information content (AvgIpc) is 2.18. The lowest BCUT2D eigenvalue weighted by molar-refractivity contribution is 1.08. The summed E-state index contributed by atoms with van der Waals surface area (Å²) >= 11 is 0. The highest BCUT2D eigenvalue weighted by Crippen LogP contribution is 2.25. The molecule has 3 heteroatoms. The fraction of sp³-hybridized carbons (Fsp3) is 0.400. The summed E-state index contributed by atoms with van der Waals surface area (Å²) in [4.78, 5) is 2.85. The Balaban J connectivity index is 3.28. The molecule has 0 heterocycles. The van der Waals surface area contributed by atoms with Gasteiger partial charge < -0.3 is 0 Å². The Kier molecular flexibility index (Phi) is 3.35. The number of azide groups is 1. The van der Waals surface area contributed by atoms with Crippen LogP contribution in [0.25, 0.3) is 10.4 Å². The van der Waals surface area contributed by atoms with E-state index in [2.05, 4.69) is 23.9 Å². The van der Waals surface area contributed by atoms with E-state index in [1.807, 2.05) is 18.2 Å². The molecule has 0 amide bonds. The van der Waals surface area contributed by atoms with Gasteiger partial charge in [-0.1, -0.05) is 37.2 Å². The van der Waals surface area contributed by atoms with Gasteiger partial charge in [0.1, 0.15) is 0 Å². The van der Waals surface area contributed by atoms with E-state index in [0.717, 1.165) is 29.7 Å². The highest BCUT2D eigenvalue weighted by atomic mass is 15.1. The quantitative estimate of drug-likeness (QED) is 0.381. The molecule has 0 unspecified atom stereocenters. The molecule has 0 aromatic heterocycles. The van der Waals surface area contributed by atoms with Gasteiger partial charge in [0.25, 0.3) is 0 Å². The van der Waals surface area contributed by atoms with Crippen molar-refractivity contribution in [2.45, 2.75) is 26.7 Å². The lowest BCUT2D eigenvalue weighted by Gasteiger charge is -2.06. The Labute approximate surface area is 78.0 Å². The molecule has 3 nitrogen and oxygen atoms in total. The zero-order chi connectivity index (χ0) is 9.68. The van der Waals surface area contributed by atoms with Crippen LogP contribution in [-0.2, 0) is 12.8 Å². The van der Waals surface area contributed by atoms with Crippen LogP contribution in [0.4, 0.5) is 5.69 Å². The van der Waals surface area contributed by atoms with Crippen LogP contribution in [0.5, 0.6) is 0 Å². The van der Waals surface area contributed by atoms with E-state index < -0.39 is 0 Å². The summed E-state index contributed by atoms with van der Waals surface area (Å²) < 4.78 is 0. The van der Waals surface area contributed by atoms with Gasteiger partial charge in [-0.25, -0.2) is 0 Å². The van der Waals surface area contributed by atoms with Crippen LogP contribution < -0.4 is 0 Å². The van der Waals surface area contributed by atoms with Gasteiger partial charge in [0.15, 0.2) is 0 Å². The highest BCUT2D eigenvalue weighted by Gasteiger charge is 2.02. The SMILES string of the molecule is CCc1cccc(CC)c1N=[N+]=[N-]. The van der Waals surface area contributed by atoms with Crippen LogP contribution in [0.2, 0.25) is 0 Å². The summed E-state index contributed by atoms with van der Waals surface area (Å²) in [5.41, 5.74) is 11.5. The van der Waals surface area contributed by atoms with Crippen molar-refractivity contribution in [2.75, 3.05) is 0 Å². The zero-order valence-corrected chi connectivity index (χ0v) is 7.99. The molecule has 0 aliphatic carbocycles. The Morgan fingerprint density at radius 2 is 1.77 bits per heavy atom. The number of nitrogens with zero attached hydrogens (tertiary/aromatic N) is 3. The summed E-state index contributed by atoms with van der Waals surface area (Å²) in [6, 6.07) is 6.01. The third-order valence-electron chi connectivity index (χ3n) is 2.11. The van der Waals surface area contributed by atoms with Gasteiger partial charge in [-0.3, -0.25) is 0 Å². The summed E-state index contributed by atoms with van der Waals surface area (Å²) in [6.45, 7) is 4.12. The third kappa shape index (κ3) is 2.01. The minimum atomic E-state index is 0.815. The minimum absolute atomic E-state index is 0.815. The number of benzene rings is 1. The Hall–Kier alpha value is -1.47. The summed E-state index contributed by atoms with van der Waals surface area (Å²) in [5, 5.41) is 3.73. The summed E-state index contributed by atoms with van der Waals surface area (Å²) in [5.74, 6) is 0. The molecule has 0 spiro atoms. The fourth-order valence-corrected chi connectivity index (χ4v) is 1.39. The smallest absolute Gasteiger partial charge is 0.0439 e. The summed E-state index contributed by atoms with van der Waals surface area (Å²) in [6.07, 6.45) is 1.81. The molecule has 1 rings (SSSR count). The van der Waals surface area contributed by atoms with Gasteiger partial charge in [0.05, 0.1) is 0 Å². The first kappa shape index (κ1) is 9.62. The van der Waals surface area contributed by atoms with E-state index in [4.69, 9.17) is 5.53 Å². The maximum absolute atomic E-state index is 8.42. The summed E-state index contributed by atoms with van der Waals surface area (Å²) in [7, 11) is 0. The molecule has 0 fully saturated rings. The Bertz CT molecular complexity index is 316. The zero-order valence-electron chi connectivity index (χ0n) is 7.99. The molecule has 13 heavy (non-hydrogen) atoms. The Morgan fingerprint density at radius 1 is 1.23 bits per heavy atom. The van der Waals surface area contributed by atoms with Gasteiger partial charge in [-0.2, -0.15) is 0 Å². The first-order chi connectivity index (χ1) is 6.33. The third-order valence-corrected chi connectivity index (χ3v) is 2.11. The van der Waals surface area contributed by atoms with Crippen molar-refractivity contribution in [3.05, 3.63) is 39.8 Å². The maximum atomic E-state index is 8.42. The molecule has 0 aliphatic rings. The molecule has 0 aliphatic heterocycles. The van der Waals surface area contributed by atoms with Crippen LogP contribution in [0.15, 0.2) is 23.3 Å². The van der Waals surface area contributed by atoms with Crippen molar-refractivity contribution in [3.8, 4) is 0 Å². The van der Waals surface area contributed by atoms with Crippen molar-refractivity contribution in [1.82, 2.24) is 0 Å². The van der Waals surface area contributed by atoms with Crippen molar-refractivity contribution in [2.24, 2.45) is 5.11 Å². The average molecular weight is 175 g/mol. The van der Waals surface area contributed by atoms with Crippen LogP contribution >= 0.6 is 0 Å². The molecule has 0 N–H and O–H groups in total. The van der Waals surface area contributed by atoms with E-state index >= 15 is 0 Å². The van der Waals surface area contributed by atoms with E-state index in [-0.39, 0.29) is 0 Å². The second-order valence-electron chi connectivity index (χ2n) is 2.82. The first-order valence-corrected chi connectivity index (χ1v) is 4.49. The minimum Gasteiger partial charge on any atom is -0.0617 e. The molecule has 0 saturated heterocycles. The normalized spacial score (nSPS) is 9.38. The van der Waals surface area contributed by atoms with Crippen LogP contribution in [-0.4, -0.2) is 0 Å². The van der Waals surface area contributed by atoms with Crippen molar-refractivity contribution in [3.63, 3.8) is 0 Å². The Morgan fingerprint density at radius 3 is 2.15 bits per heavy atom. The number of aryl methyl sites for hydroxylation is 2. The van der Waals surface area contributed by atoms with Crippen molar-refractivity contribution in [1.29, 1.82) is 0 Å². The lowest BCUT2D eigenvalue weighted by Crippen LogP contribution is -1.86. The van der Waals surface area contributed by atoms with E-state index in [0.29, 0.717) is 0 Å². The maximum Gasteiger partial charge on any atom is 0.0439 e. The van der Waals surface area contributed by atoms with E-state index in [1.54, 1.807) is 0 Å².